The summed E-state index contributed by atoms with van der Waals surface area (Å²) in [5, 5.41) is 4.27. The molecule has 0 unspecified atom stereocenters. The largest absolute Gasteiger partial charge is 0.361 e. The van der Waals surface area contributed by atoms with Crippen molar-refractivity contribution in [2.24, 2.45) is 0 Å². The zero-order valence-electron chi connectivity index (χ0n) is 12.2. The van der Waals surface area contributed by atoms with Gasteiger partial charge in [0.1, 0.15) is 5.82 Å². The molecule has 0 aliphatic carbocycles. The maximum absolute atomic E-state index is 12.3. The molecule has 5 heteroatoms. The first-order valence-electron chi connectivity index (χ1n) is 7.64. The van der Waals surface area contributed by atoms with Crippen molar-refractivity contribution in [2.45, 2.75) is 31.8 Å². The smallest absolute Gasteiger partial charge is 0.224 e. The third-order valence-corrected chi connectivity index (χ3v) is 4.33. The predicted octanol–water partition coefficient (Wildman–Crippen LogP) is 2.04. The molecule has 0 spiro atoms. The van der Waals surface area contributed by atoms with Gasteiger partial charge in [-0.15, -0.1) is 0 Å². The number of nitrogens with zero attached hydrogens (tertiary/aromatic N) is 2. The Bertz CT molecular complexity index is 817. The molecular formula is C17H18N4O. The van der Waals surface area contributed by atoms with Gasteiger partial charge in [-0.1, -0.05) is 18.2 Å². The number of aryl methyl sites for hydroxylation is 1. The highest BCUT2D eigenvalue weighted by Crippen LogP contribution is 2.18. The van der Waals surface area contributed by atoms with E-state index in [1.54, 1.807) is 0 Å². The summed E-state index contributed by atoms with van der Waals surface area (Å²) in [6, 6.07) is 8.26. The Kier molecular flexibility index (Phi) is 3.18. The lowest BCUT2D eigenvalue weighted by Gasteiger charge is -2.24. The Labute approximate surface area is 128 Å². The minimum atomic E-state index is 0.0818. The molecule has 2 N–H and O–H groups in total. The van der Waals surface area contributed by atoms with Crippen molar-refractivity contribution in [3.05, 3.63) is 54.2 Å². The number of aromatic amines is 1. The first kappa shape index (κ1) is 13.1. The summed E-state index contributed by atoms with van der Waals surface area (Å²) in [5.41, 5.74) is 2.12. The van der Waals surface area contributed by atoms with Gasteiger partial charge in [-0.05, 0) is 18.1 Å². The number of amides is 1. The molecule has 0 saturated heterocycles. The van der Waals surface area contributed by atoms with Gasteiger partial charge in [-0.3, -0.25) is 4.79 Å². The van der Waals surface area contributed by atoms with Crippen molar-refractivity contribution in [3.63, 3.8) is 0 Å². The highest BCUT2D eigenvalue weighted by molar-refractivity contribution is 5.88. The second-order valence-electron chi connectivity index (χ2n) is 5.84. The molecule has 1 amide bonds. The molecule has 1 aliphatic heterocycles. The first-order valence-corrected chi connectivity index (χ1v) is 7.64. The standard InChI is InChI=1S/C17H18N4O/c22-17(9-12-10-19-15-4-2-1-3-14(12)15)20-13-5-6-16-18-7-8-21(16)11-13/h1-4,7-8,10,13,19H,5-6,9,11H2,(H,20,22)/t13-/m0/s1. The average molecular weight is 294 g/mol. The summed E-state index contributed by atoms with van der Waals surface area (Å²) in [6.45, 7) is 0.814. The Hall–Kier alpha value is -2.56. The van der Waals surface area contributed by atoms with E-state index in [0.717, 1.165) is 41.7 Å². The van der Waals surface area contributed by atoms with E-state index in [1.807, 2.05) is 42.9 Å². The van der Waals surface area contributed by atoms with Crippen LogP contribution in [0, 0.1) is 0 Å². The zero-order chi connectivity index (χ0) is 14.9. The lowest BCUT2D eigenvalue weighted by Crippen LogP contribution is -2.41. The van der Waals surface area contributed by atoms with Crippen molar-refractivity contribution in [2.75, 3.05) is 0 Å². The highest BCUT2D eigenvalue weighted by atomic mass is 16.1. The van der Waals surface area contributed by atoms with Crippen LogP contribution in [0.1, 0.15) is 17.8 Å². The topological polar surface area (TPSA) is 62.7 Å². The van der Waals surface area contributed by atoms with Gasteiger partial charge in [0.25, 0.3) is 0 Å². The van der Waals surface area contributed by atoms with Crippen LogP contribution in [0.5, 0.6) is 0 Å². The molecule has 0 saturated carbocycles. The van der Waals surface area contributed by atoms with Crippen molar-refractivity contribution in [3.8, 4) is 0 Å². The Morgan fingerprint density at radius 3 is 3.27 bits per heavy atom. The van der Waals surface area contributed by atoms with Crippen LogP contribution in [-0.4, -0.2) is 26.5 Å². The second-order valence-corrected chi connectivity index (χ2v) is 5.84. The number of imidazole rings is 1. The van der Waals surface area contributed by atoms with Crippen LogP contribution in [0.4, 0.5) is 0 Å². The van der Waals surface area contributed by atoms with Crippen LogP contribution in [0.15, 0.2) is 42.9 Å². The second kappa shape index (κ2) is 5.33. The van der Waals surface area contributed by atoms with E-state index in [1.165, 1.54) is 0 Å². The molecular weight excluding hydrogens is 276 g/mol. The SMILES string of the molecule is O=C(Cc1c[nH]c2ccccc12)N[C@H]1CCc2nccn2C1. The lowest BCUT2D eigenvalue weighted by molar-refractivity contribution is -0.121. The number of hydrogen-bond donors (Lipinski definition) is 2. The molecule has 0 bridgehead atoms. The fourth-order valence-corrected chi connectivity index (χ4v) is 3.21. The molecule has 1 aromatic carbocycles. The van der Waals surface area contributed by atoms with Crippen LogP contribution in [0.25, 0.3) is 10.9 Å². The van der Waals surface area contributed by atoms with Gasteiger partial charge in [0.2, 0.25) is 5.91 Å². The van der Waals surface area contributed by atoms with Crippen LogP contribution < -0.4 is 5.32 Å². The molecule has 1 aliphatic rings. The monoisotopic (exact) mass is 294 g/mol. The Morgan fingerprint density at radius 2 is 2.32 bits per heavy atom. The zero-order valence-corrected chi connectivity index (χ0v) is 12.2. The fraction of sp³-hybridized carbons (Fsp3) is 0.294. The van der Waals surface area contributed by atoms with Gasteiger partial charge in [0.15, 0.2) is 0 Å². The van der Waals surface area contributed by atoms with Crippen molar-refractivity contribution in [1.29, 1.82) is 0 Å². The number of benzene rings is 1. The maximum Gasteiger partial charge on any atom is 0.224 e. The van der Waals surface area contributed by atoms with E-state index < -0.39 is 0 Å². The van der Waals surface area contributed by atoms with E-state index in [2.05, 4.69) is 19.9 Å². The molecule has 3 aromatic rings. The number of carbonyl (C=O) groups is 1. The Morgan fingerprint density at radius 1 is 1.41 bits per heavy atom. The van der Waals surface area contributed by atoms with Gasteiger partial charge >= 0.3 is 0 Å². The Balaban J connectivity index is 1.43. The van der Waals surface area contributed by atoms with Crippen molar-refractivity contribution >= 4 is 16.8 Å². The van der Waals surface area contributed by atoms with Crippen LogP contribution in [-0.2, 0) is 24.2 Å². The predicted molar refractivity (Wildman–Crippen MR) is 84.5 cm³/mol. The fourth-order valence-electron chi connectivity index (χ4n) is 3.21. The van der Waals surface area contributed by atoms with E-state index in [0.29, 0.717) is 6.42 Å². The van der Waals surface area contributed by atoms with E-state index >= 15 is 0 Å². The first-order chi connectivity index (χ1) is 10.8. The summed E-state index contributed by atoms with van der Waals surface area (Å²) in [5.74, 6) is 1.19. The number of nitrogens with one attached hydrogen (secondary N) is 2. The maximum atomic E-state index is 12.3. The van der Waals surface area contributed by atoms with Gasteiger partial charge in [-0.2, -0.15) is 0 Å². The summed E-state index contributed by atoms with van der Waals surface area (Å²) in [4.78, 5) is 19.8. The minimum Gasteiger partial charge on any atom is -0.361 e. The number of hydrogen-bond acceptors (Lipinski definition) is 2. The van der Waals surface area contributed by atoms with Gasteiger partial charge < -0.3 is 14.9 Å². The van der Waals surface area contributed by atoms with Gasteiger partial charge in [-0.25, -0.2) is 4.98 Å². The molecule has 2 aromatic heterocycles. The summed E-state index contributed by atoms with van der Waals surface area (Å²) < 4.78 is 2.13. The molecule has 0 radical (unpaired) electrons. The number of carbonyl (C=O) groups excluding carboxylic acids is 1. The molecule has 22 heavy (non-hydrogen) atoms. The number of H-pyrrole nitrogens is 1. The molecule has 4 rings (SSSR count). The molecule has 3 heterocycles. The summed E-state index contributed by atoms with van der Waals surface area (Å²) >= 11 is 0. The number of rotatable bonds is 3. The minimum absolute atomic E-state index is 0.0818. The van der Waals surface area contributed by atoms with Crippen molar-refractivity contribution in [1.82, 2.24) is 19.9 Å². The normalized spacial score (nSPS) is 17.4. The number of para-hydroxylation sites is 1. The van der Waals surface area contributed by atoms with E-state index in [4.69, 9.17) is 0 Å². The lowest BCUT2D eigenvalue weighted by atomic mass is 10.1. The van der Waals surface area contributed by atoms with E-state index in [-0.39, 0.29) is 11.9 Å². The molecule has 5 nitrogen and oxygen atoms in total. The molecule has 112 valence electrons. The number of fused-ring (bicyclic) bond motifs is 2. The highest BCUT2D eigenvalue weighted by Gasteiger charge is 2.20. The van der Waals surface area contributed by atoms with Gasteiger partial charge in [0.05, 0.1) is 6.42 Å². The average Bonchev–Trinajstić information content (AvgIpc) is 3.14. The third-order valence-electron chi connectivity index (χ3n) is 4.33. The van der Waals surface area contributed by atoms with Crippen LogP contribution in [0.2, 0.25) is 0 Å². The van der Waals surface area contributed by atoms with E-state index in [9.17, 15) is 4.79 Å². The summed E-state index contributed by atoms with van der Waals surface area (Å²) in [6.07, 6.45) is 8.02. The number of aromatic nitrogens is 3. The van der Waals surface area contributed by atoms with Gasteiger partial charge in [0, 0.05) is 48.5 Å². The summed E-state index contributed by atoms with van der Waals surface area (Å²) in [7, 11) is 0. The molecule has 0 fully saturated rings. The third kappa shape index (κ3) is 2.39. The van der Waals surface area contributed by atoms with Crippen LogP contribution in [0.3, 0.4) is 0 Å². The van der Waals surface area contributed by atoms with Crippen molar-refractivity contribution < 1.29 is 4.79 Å². The van der Waals surface area contributed by atoms with Crippen LogP contribution >= 0.6 is 0 Å². The quantitative estimate of drug-likeness (QED) is 0.776. The molecule has 1 atom stereocenters.